The van der Waals surface area contributed by atoms with Crippen LogP contribution in [0.4, 0.5) is 0 Å². The molecule has 0 spiro atoms. The van der Waals surface area contributed by atoms with Crippen molar-refractivity contribution < 1.29 is 19.5 Å². The molecule has 0 radical (unpaired) electrons. The zero-order valence-corrected chi connectivity index (χ0v) is 25.8. The van der Waals surface area contributed by atoms with Gasteiger partial charge >= 0.3 is 7.12 Å². The molecule has 0 aliphatic carbocycles. The Morgan fingerprint density at radius 2 is 1.00 bits per heavy atom. The first-order valence-corrected chi connectivity index (χ1v) is 14.1. The topological polar surface area (TPSA) is 58.9 Å². The van der Waals surface area contributed by atoms with Crippen molar-refractivity contribution >= 4 is 44.4 Å². The van der Waals surface area contributed by atoms with E-state index >= 15 is 0 Å². The quantitative estimate of drug-likeness (QED) is 0.188. The van der Waals surface area contributed by atoms with Crippen molar-refractivity contribution in [2.75, 3.05) is 14.2 Å². The maximum Gasteiger partial charge on any atom is 0.488 e. The fraction of sp³-hybridized carbons (Fsp3) is 0.0909. The Bertz CT molecular complexity index is 1420. The zero-order valence-electron chi connectivity index (χ0n) is 22.6. The second-order valence-corrected chi connectivity index (χ2v) is 10.4. The molecule has 4 nitrogen and oxygen atoms in total. The second kappa shape index (κ2) is 16.0. The van der Waals surface area contributed by atoms with Gasteiger partial charge in [0.25, 0.3) is 0 Å². The predicted octanol–water partition coefficient (Wildman–Crippen LogP) is 7.92. The lowest BCUT2D eigenvalue weighted by molar-refractivity contribution is 0.415. The van der Waals surface area contributed by atoms with Gasteiger partial charge in [-0.15, -0.1) is 0 Å². The number of rotatable bonds is 5. The summed E-state index contributed by atoms with van der Waals surface area (Å²) in [6, 6.07) is 39.7. The highest BCUT2D eigenvalue weighted by Crippen LogP contribution is 2.34. The van der Waals surface area contributed by atoms with Crippen LogP contribution in [0.3, 0.4) is 0 Å². The summed E-state index contributed by atoms with van der Waals surface area (Å²) in [6.45, 7) is 1.91. The van der Waals surface area contributed by atoms with E-state index in [1.165, 1.54) is 11.1 Å². The lowest BCUT2D eigenvalue weighted by Crippen LogP contribution is -2.29. The van der Waals surface area contributed by atoms with Crippen LogP contribution in [0, 0.1) is 6.92 Å². The Labute approximate surface area is 253 Å². The van der Waals surface area contributed by atoms with E-state index in [4.69, 9.17) is 19.5 Å². The fourth-order valence-electron chi connectivity index (χ4n) is 3.84. The molecule has 0 bridgehead atoms. The average Bonchev–Trinajstić information content (AvgIpc) is 2.99. The first-order valence-electron chi connectivity index (χ1n) is 12.5. The fourth-order valence-corrected chi connectivity index (χ4v) is 4.41. The number of halogens is 2. The number of hydrogen-bond acceptors (Lipinski definition) is 4. The molecule has 204 valence electrons. The summed E-state index contributed by atoms with van der Waals surface area (Å²) in [5.41, 5.74) is 6.20. The molecule has 0 saturated heterocycles. The average molecular weight is 662 g/mol. The van der Waals surface area contributed by atoms with E-state index in [9.17, 15) is 0 Å². The minimum Gasteiger partial charge on any atom is -0.497 e. The molecule has 0 fully saturated rings. The third kappa shape index (κ3) is 9.38. The largest absolute Gasteiger partial charge is 0.497 e. The van der Waals surface area contributed by atoms with Crippen molar-refractivity contribution in [3.8, 4) is 33.8 Å². The minimum atomic E-state index is -1.35. The summed E-state index contributed by atoms with van der Waals surface area (Å²) in [6.07, 6.45) is 0. The number of methoxy groups -OCH3 is 2. The van der Waals surface area contributed by atoms with Crippen LogP contribution in [-0.4, -0.2) is 31.4 Å². The Kier molecular flexibility index (Phi) is 12.5. The van der Waals surface area contributed by atoms with Gasteiger partial charge in [0.05, 0.1) is 14.2 Å². The number of benzene rings is 5. The van der Waals surface area contributed by atoms with Crippen LogP contribution in [0.25, 0.3) is 22.3 Å². The van der Waals surface area contributed by atoms with Crippen LogP contribution in [0.5, 0.6) is 11.5 Å². The lowest BCUT2D eigenvalue weighted by Gasteiger charge is -2.12. The number of ether oxygens (including phenoxy) is 2. The maximum atomic E-state index is 8.70. The summed E-state index contributed by atoms with van der Waals surface area (Å²) >= 11 is 6.70. The monoisotopic (exact) mass is 660 g/mol. The van der Waals surface area contributed by atoms with E-state index in [2.05, 4.69) is 80.4 Å². The number of aryl methyl sites for hydroxylation is 1. The summed E-state index contributed by atoms with van der Waals surface area (Å²) in [5, 5.41) is 17.4. The summed E-state index contributed by atoms with van der Waals surface area (Å²) in [5.74, 6) is 1.72. The minimum absolute atomic E-state index is 0.542. The van der Waals surface area contributed by atoms with Gasteiger partial charge in [-0.25, -0.2) is 0 Å². The molecule has 0 heterocycles. The summed E-state index contributed by atoms with van der Waals surface area (Å²) in [4.78, 5) is 0. The Hall–Kier alpha value is -3.36. The lowest BCUT2D eigenvalue weighted by atomic mass is 9.80. The molecule has 0 unspecified atom stereocenters. The summed E-state index contributed by atoms with van der Waals surface area (Å²) in [7, 11) is 2.03. The van der Waals surface area contributed by atoms with E-state index in [0.717, 1.165) is 37.1 Å². The van der Waals surface area contributed by atoms with Crippen molar-refractivity contribution in [2.24, 2.45) is 0 Å². The van der Waals surface area contributed by atoms with E-state index in [0.29, 0.717) is 5.46 Å². The highest BCUT2D eigenvalue weighted by molar-refractivity contribution is 9.13. The standard InChI is InChI=1S/C20H18O2.C7H9BO2.C6H4Br2/c1-21-17-9-5-7-15(13-17)19-11-3-4-12-20(19)16-8-6-10-18(14-16)22-2;1-6-3-2-4-7(5-6)8(9)10;7-5-3-1-2-4-6(5)8/h3-14H,1-2H3;2-5,9-10H,1H3;1-4H. The Morgan fingerprint density at radius 3 is 1.38 bits per heavy atom. The molecule has 0 amide bonds. The highest BCUT2D eigenvalue weighted by atomic mass is 79.9. The maximum absolute atomic E-state index is 8.70. The molecular weight excluding hydrogens is 631 g/mol. The first kappa shape index (κ1) is 31.2. The summed E-state index contributed by atoms with van der Waals surface area (Å²) < 4.78 is 12.9. The van der Waals surface area contributed by atoms with E-state index < -0.39 is 7.12 Å². The normalized spacial score (nSPS) is 9.88. The third-order valence-corrected chi connectivity index (χ3v) is 7.77. The van der Waals surface area contributed by atoms with Crippen LogP contribution in [0.15, 0.2) is 130 Å². The van der Waals surface area contributed by atoms with Crippen molar-refractivity contribution in [3.63, 3.8) is 0 Å². The Morgan fingerprint density at radius 1 is 0.550 bits per heavy atom. The van der Waals surface area contributed by atoms with Gasteiger partial charge in [-0.3, -0.25) is 0 Å². The Balaban J connectivity index is 0.000000201. The van der Waals surface area contributed by atoms with Crippen LogP contribution >= 0.6 is 31.9 Å². The smallest absolute Gasteiger partial charge is 0.488 e. The molecule has 0 aromatic heterocycles. The zero-order chi connectivity index (χ0) is 28.9. The molecule has 7 heteroatoms. The van der Waals surface area contributed by atoms with E-state index in [1.807, 2.05) is 61.5 Å². The van der Waals surface area contributed by atoms with Gasteiger partial charge in [0, 0.05) is 8.95 Å². The van der Waals surface area contributed by atoms with E-state index in [-0.39, 0.29) is 0 Å². The third-order valence-electron chi connectivity index (χ3n) is 5.85. The van der Waals surface area contributed by atoms with Crippen LogP contribution in [-0.2, 0) is 0 Å². The molecule has 0 aliphatic rings. The molecule has 0 saturated carbocycles. The van der Waals surface area contributed by atoms with Gasteiger partial charge < -0.3 is 19.5 Å². The van der Waals surface area contributed by atoms with Gasteiger partial charge in [0.2, 0.25) is 0 Å². The molecule has 5 aromatic carbocycles. The second-order valence-electron chi connectivity index (χ2n) is 8.71. The van der Waals surface area contributed by atoms with Gasteiger partial charge in [-0.1, -0.05) is 90.5 Å². The van der Waals surface area contributed by atoms with Gasteiger partial charge in [0.1, 0.15) is 11.5 Å². The van der Waals surface area contributed by atoms with Crippen molar-refractivity contribution in [1.82, 2.24) is 0 Å². The SMILES string of the molecule is Brc1ccccc1Br.COc1cccc(-c2ccccc2-c2cccc(OC)c2)c1.Cc1cccc(B(O)O)c1. The van der Waals surface area contributed by atoms with Crippen LogP contribution in [0.2, 0.25) is 0 Å². The predicted molar refractivity (Wildman–Crippen MR) is 173 cm³/mol. The molecule has 2 N–H and O–H groups in total. The molecule has 0 atom stereocenters. The number of hydrogen-bond donors (Lipinski definition) is 2. The van der Waals surface area contributed by atoms with Crippen molar-refractivity contribution in [3.05, 3.63) is 136 Å². The molecule has 0 aliphatic heterocycles. The van der Waals surface area contributed by atoms with Gasteiger partial charge in [0.15, 0.2) is 0 Å². The molecule has 40 heavy (non-hydrogen) atoms. The molecular formula is C33H31BBr2O4. The van der Waals surface area contributed by atoms with E-state index in [1.54, 1.807) is 32.4 Å². The first-order chi connectivity index (χ1) is 19.3. The van der Waals surface area contributed by atoms with Crippen molar-refractivity contribution in [1.29, 1.82) is 0 Å². The van der Waals surface area contributed by atoms with Crippen molar-refractivity contribution in [2.45, 2.75) is 6.92 Å². The van der Waals surface area contributed by atoms with Crippen LogP contribution in [0.1, 0.15) is 5.56 Å². The van der Waals surface area contributed by atoms with Gasteiger partial charge in [-0.2, -0.15) is 0 Å². The molecule has 5 aromatic rings. The molecule has 5 rings (SSSR count). The van der Waals surface area contributed by atoms with Crippen LogP contribution < -0.4 is 14.9 Å². The highest BCUT2D eigenvalue weighted by Gasteiger charge is 2.09. The van der Waals surface area contributed by atoms with Gasteiger partial charge in [-0.05, 0) is 103 Å².